The van der Waals surface area contributed by atoms with Crippen molar-refractivity contribution in [1.82, 2.24) is 45.0 Å². The third-order valence-corrected chi connectivity index (χ3v) is 18.0. The second kappa shape index (κ2) is 23.3. The number of benzene rings is 2. The number of hydrogen-bond donors (Lipinski definition) is 4. The van der Waals surface area contributed by atoms with Crippen molar-refractivity contribution in [3.8, 4) is 28.6 Å². The first-order valence-corrected chi connectivity index (χ1v) is 29.3. The van der Waals surface area contributed by atoms with Crippen LogP contribution in [0.2, 0.25) is 0 Å². The topological polar surface area (TPSA) is 230 Å². The SMILES string of the molecule is Cc1nccn1-c1ccc([C@H](C)NC(=O)[C@@H]2C[C@@H](O)CN2C(=O)[C@@H](c2cc(N3CCC(OC4CCN(CC5CC(Oc6cc(N7C8CC[C@@H]7CN(c7cc(-c9ccccc9O)nnc7N)C8)ccn6)C5)CC4)CC3)no2)C(C)C)cc1. The largest absolute Gasteiger partial charge is 0.507 e. The minimum atomic E-state index is -0.812. The Hall–Kier alpha value is -7.29. The van der Waals surface area contributed by atoms with Crippen LogP contribution in [0, 0.1) is 18.8 Å². The Morgan fingerprint density at radius 2 is 1.53 bits per heavy atom. The summed E-state index contributed by atoms with van der Waals surface area (Å²) in [6.07, 6.45) is 13.6. The Balaban J connectivity index is 0.564. The maximum Gasteiger partial charge on any atom is 0.243 e. The number of phenolic OH excluding ortho intramolecular Hbond substituents is 1. The number of piperidine rings is 2. The number of phenols is 1. The number of rotatable bonds is 17. The lowest BCUT2D eigenvalue weighted by Gasteiger charge is -2.43. The van der Waals surface area contributed by atoms with Crippen LogP contribution in [0.25, 0.3) is 16.9 Å². The number of para-hydroxylation sites is 1. The van der Waals surface area contributed by atoms with Gasteiger partial charge in [0, 0.05) is 119 Å². The maximum absolute atomic E-state index is 14.4. The third kappa shape index (κ3) is 11.6. The molecule has 2 amide bonds. The number of ether oxygens (including phenoxy) is 2. The van der Waals surface area contributed by atoms with Crippen LogP contribution in [-0.2, 0) is 14.3 Å². The zero-order valence-corrected chi connectivity index (χ0v) is 47.0. The van der Waals surface area contributed by atoms with Crippen LogP contribution in [0.1, 0.15) is 108 Å². The summed E-state index contributed by atoms with van der Waals surface area (Å²) in [5.41, 5.74) is 11.6. The molecule has 0 radical (unpaired) electrons. The number of nitrogens with two attached hydrogens (primary N) is 1. The van der Waals surface area contributed by atoms with Crippen molar-refractivity contribution in [3.05, 3.63) is 109 Å². The van der Waals surface area contributed by atoms with E-state index in [1.54, 1.807) is 18.3 Å². The molecule has 5 N–H and O–H groups in total. The van der Waals surface area contributed by atoms with Gasteiger partial charge in [0.05, 0.1) is 35.7 Å². The van der Waals surface area contributed by atoms with Crippen LogP contribution in [0.4, 0.5) is 23.0 Å². The van der Waals surface area contributed by atoms with Crippen LogP contribution in [0.3, 0.4) is 0 Å². The van der Waals surface area contributed by atoms with E-state index in [2.05, 4.69) is 62.4 Å². The van der Waals surface area contributed by atoms with Crippen molar-refractivity contribution in [2.24, 2.45) is 11.8 Å². The van der Waals surface area contributed by atoms with Crippen molar-refractivity contribution >= 4 is 34.8 Å². The van der Waals surface area contributed by atoms with Crippen LogP contribution in [0.15, 0.2) is 95.9 Å². The van der Waals surface area contributed by atoms with Crippen LogP contribution >= 0.6 is 0 Å². The summed E-state index contributed by atoms with van der Waals surface area (Å²) in [5.74, 6) is 2.56. The van der Waals surface area contributed by atoms with Gasteiger partial charge in [0.15, 0.2) is 17.4 Å². The smallest absolute Gasteiger partial charge is 0.243 e. The molecule has 428 valence electrons. The van der Waals surface area contributed by atoms with E-state index in [9.17, 15) is 19.8 Å². The lowest BCUT2D eigenvalue weighted by Crippen LogP contribution is -2.54. The number of hydrogen-bond acceptors (Lipinski definition) is 17. The summed E-state index contributed by atoms with van der Waals surface area (Å²) in [4.78, 5) is 48.4. The molecule has 6 aromatic rings. The van der Waals surface area contributed by atoms with Crippen molar-refractivity contribution in [2.45, 2.75) is 140 Å². The molecule has 5 aliphatic heterocycles. The average molecular weight is 1100 g/mol. The molecule has 6 aliphatic rings. The number of aliphatic hydroxyl groups is 1. The predicted octanol–water partition coefficient (Wildman–Crippen LogP) is 7.05. The zero-order valence-electron chi connectivity index (χ0n) is 47.0. The van der Waals surface area contributed by atoms with E-state index in [1.165, 1.54) is 4.90 Å². The number of aromatic nitrogens is 6. The van der Waals surface area contributed by atoms with Crippen LogP contribution in [0.5, 0.6) is 11.6 Å². The first-order valence-electron chi connectivity index (χ1n) is 29.3. The van der Waals surface area contributed by atoms with E-state index in [1.807, 2.05) is 93.2 Å². The molecule has 0 spiro atoms. The number of anilines is 4. The second-order valence-corrected chi connectivity index (χ2v) is 23.8. The molecule has 6 fully saturated rings. The molecule has 20 heteroatoms. The second-order valence-electron chi connectivity index (χ2n) is 23.8. The maximum atomic E-state index is 14.4. The minimum absolute atomic E-state index is 0.0749. The van der Waals surface area contributed by atoms with Crippen LogP contribution in [-0.4, -0.2) is 157 Å². The van der Waals surface area contributed by atoms with Crippen molar-refractivity contribution in [2.75, 3.05) is 72.8 Å². The quantitative estimate of drug-likeness (QED) is 0.0717. The fraction of sp³-hybridized carbons (Fsp3) is 0.525. The molecular weight excluding hydrogens is 1030 g/mol. The summed E-state index contributed by atoms with van der Waals surface area (Å²) >= 11 is 0. The molecule has 4 aromatic heterocycles. The Bertz CT molecular complexity index is 3130. The highest BCUT2D eigenvalue weighted by Crippen LogP contribution is 2.41. The number of pyridine rings is 1. The monoisotopic (exact) mass is 1100 g/mol. The highest BCUT2D eigenvalue weighted by molar-refractivity contribution is 5.91. The van der Waals surface area contributed by atoms with Gasteiger partial charge in [0.2, 0.25) is 17.7 Å². The molecule has 6 atom stereocenters. The zero-order chi connectivity index (χ0) is 55.9. The van der Waals surface area contributed by atoms with E-state index in [-0.39, 0.29) is 60.8 Å². The number of aromatic hydroxyl groups is 1. The van der Waals surface area contributed by atoms with Gasteiger partial charge in [-0.3, -0.25) is 9.59 Å². The van der Waals surface area contributed by atoms with E-state index in [0.717, 1.165) is 126 Å². The molecule has 1 unspecified atom stereocenters. The minimum Gasteiger partial charge on any atom is -0.507 e. The summed E-state index contributed by atoms with van der Waals surface area (Å²) in [5, 5.41) is 37.4. The molecule has 12 rings (SSSR count). The fourth-order valence-corrected chi connectivity index (χ4v) is 13.6. The lowest BCUT2D eigenvalue weighted by atomic mass is 9.81. The van der Waals surface area contributed by atoms with Crippen molar-refractivity contribution in [1.29, 1.82) is 0 Å². The summed E-state index contributed by atoms with van der Waals surface area (Å²) in [6, 6.07) is 22.7. The summed E-state index contributed by atoms with van der Waals surface area (Å²) < 4.78 is 21.2. The predicted molar refractivity (Wildman–Crippen MR) is 307 cm³/mol. The van der Waals surface area contributed by atoms with Gasteiger partial charge in [-0.25, -0.2) is 9.97 Å². The number of carbonyl (C=O) groups excluding carboxylic acids is 2. The van der Waals surface area contributed by atoms with E-state index >= 15 is 0 Å². The first kappa shape index (κ1) is 54.3. The van der Waals surface area contributed by atoms with Crippen molar-refractivity contribution < 1.29 is 33.8 Å². The number of fused-ring (bicyclic) bond motifs is 2. The number of likely N-dealkylation sites (tertiary alicyclic amines) is 2. The Labute approximate surface area is 473 Å². The van der Waals surface area contributed by atoms with Gasteiger partial charge in [0.25, 0.3) is 0 Å². The van der Waals surface area contributed by atoms with E-state index in [4.69, 9.17) is 19.7 Å². The number of nitrogens with zero attached hydrogens (tertiary/aromatic N) is 11. The molecular formula is C61H77N13O7. The van der Waals surface area contributed by atoms with Crippen molar-refractivity contribution in [3.63, 3.8) is 0 Å². The van der Waals surface area contributed by atoms with Gasteiger partial charge in [-0.15, -0.1) is 10.2 Å². The molecule has 2 bridgehead atoms. The fourth-order valence-electron chi connectivity index (χ4n) is 13.6. The molecule has 5 saturated heterocycles. The highest BCUT2D eigenvalue weighted by atomic mass is 16.5. The summed E-state index contributed by atoms with van der Waals surface area (Å²) in [7, 11) is 0. The number of β-amino-alcohol motifs (C(OH)–C–C–N with tert-alkyl or cyclic N) is 1. The number of imidazole rings is 1. The lowest BCUT2D eigenvalue weighted by molar-refractivity contribution is -0.141. The Morgan fingerprint density at radius 1 is 0.802 bits per heavy atom. The Kier molecular flexibility index (Phi) is 15.6. The number of nitrogens with one attached hydrogen (secondary N) is 1. The third-order valence-electron chi connectivity index (χ3n) is 18.0. The molecule has 2 aromatic carbocycles. The normalized spacial score (nSPS) is 24.4. The summed E-state index contributed by atoms with van der Waals surface area (Å²) in [6.45, 7) is 14.2. The molecule has 20 nitrogen and oxygen atoms in total. The number of piperazine rings is 1. The van der Waals surface area contributed by atoms with Gasteiger partial charge in [0.1, 0.15) is 29.6 Å². The van der Waals surface area contributed by atoms with Gasteiger partial charge in [-0.1, -0.05) is 43.3 Å². The number of carbonyl (C=O) groups is 2. The van der Waals surface area contributed by atoms with Gasteiger partial charge in [-0.2, -0.15) is 0 Å². The molecule has 1 saturated carbocycles. The van der Waals surface area contributed by atoms with Crippen LogP contribution < -0.4 is 30.5 Å². The number of aryl methyl sites for hydroxylation is 1. The van der Waals surface area contributed by atoms with E-state index < -0.39 is 18.1 Å². The molecule has 1 aliphatic carbocycles. The highest BCUT2D eigenvalue weighted by Gasteiger charge is 2.45. The molecule has 9 heterocycles. The number of aliphatic hydroxyl groups excluding tert-OH is 1. The molecule has 81 heavy (non-hydrogen) atoms. The first-order chi connectivity index (χ1) is 39.3. The van der Waals surface area contributed by atoms with E-state index in [0.29, 0.717) is 52.5 Å². The van der Waals surface area contributed by atoms with Gasteiger partial charge < -0.3 is 64.3 Å². The number of amides is 2. The Morgan fingerprint density at radius 3 is 2.23 bits per heavy atom. The van der Waals surface area contributed by atoms with Gasteiger partial charge >= 0.3 is 0 Å². The number of nitrogen functional groups attached to an aromatic ring is 1. The average Bonchev–Trinajstić information content (AvgIpc) is 4.28. The standard InChI is InChI=1S/C61H77N13O7/c1-37(2)58(61(78)73-36-46(75)30-53(73)60(77)65-38(3)41-9-11-42(12-10-41)72-26-21-63-39(72)4)55-32-56(68-81-55)70-24-18-48(19-25-70)79-47-16-22-69(23-17-47)33-40-27-49(28-40)80-57-29-43(15-20-64-57)74-44-13-14-45(74)35-71(34-44)52-31-51(66-67-59(52)62)50-7-5-6-8-54(50)76/h5-12,15,20-21,26,29,31-32,37-38,40,44-49,53,58,75-76H,13-14,16-19,22-25,27-28,30,33-36H2,1-4H3,(H2,62,67)(H,65,77)/t38-,40?,44+,45?,46+,49?,53-,58+/m0/s1. The van der Waals surface area contributed by atoms with Gasteiger partial charge in [-0.05, 0) is 119 Å².